The number of aliphatic hydroxyl groups is 2. The van der Waals surface area contributed by atoms with Gasteiger partial charge in [-0.2, -0.15) is 0 Å². The number of allylic oxidation sites excluding steroid dienone is 2. The van der Waals surface area contributed by atoms with Gasteiger partial charge in [-0.15, -0.1) is 0 Å². The summed E-state index contributed by atoms with van der Waals surface area (Å²) in [6.45, 7) is 6.18. The predicted octanol–water partition coefficient (Wildman–Crippen LogP) is 5.23. The van der Waals surface area contributed by atoms with Crippen molar-refractivity contribution in [3.05, 3.63) is 12.2 Å². The zero-order valence-electron chi connectivity index (χ0n) is 15.6. The van der Waals surface area contributed by atoms with Crippen LogP contribution in [-0.2, 0) is 0 Å². The van der Waals surface area contributed by atoms with E-state index in [1.54, 1.807) is 0 Å². The summed E-state index contributed by atoms with van der Waals surface area (Å²) in [6, 6.07) is 0. The molecule has 0 bridgehead atoms. The molecule has 2 heteroatoms. The van der Waals surface area contributed by atoms with Crippen molar-refractivity contribution < 1.29 is 10.2 Å². The van der Waals surface area contributed by atoms with E-state index >= 15 is 0 Å². The van der Waals surface area contributed by atoms with E-state index in [-0.39, 0.29) is 6.10 Å². The van der Waals surface area contributed by atoms with E-state index in [2.05, 4.69) is 19.1 Å². The van der Waals surface area contributed by atoms with E-state index < -0.39 is 5.60 Å². The van der Waals surface area contributed by atoms with Crippen LogP contribution in [0.15, 0.2) is 12.2 Å². The summed E-state index contributed by atoms with van der Waals surface area (Å²) >= 11 is 0. The van der Waals surface area contributed by atoms with Crippen LogP contribution in [0.1, 0.15) is 91.4 Å². The molecule has 0 saturated heterocycles. The first-order valence-corrected chi connectivity index (χ1v) is 9.86. The van der Waals surface area contributed by atoms with E-state index in [9.17, 15) is 10.2 Å². The quantitative estimate of drug-likeness (QED) is 0.497. The summed E-state index contributed by atoms with van der Waals surface area (Å²) in [5.41, 5.74) is -0.173. The van der Waals surface area contributed by atoms with Crippen molar-refractivity contribution in [3.63, 3.8) is 0 Å². The highest BCUT2D eigenvalue weighted by Gasteiger charge is 2.29. The van der Waals surface area contributed by atoms with Crippen molar-refractivity contribution in [1.82, 2.24) is 0 Å². The van der Waals surface area contributed by atoms with Crippen molar-refractivity contribution in [2.45, 2.75) is 103 Å². The summed E-state index contributed by atoms with van der Waals surface area (Å²) in [5.74, 6) is 1.67. The first-order chi connectivity index (χ1) is 10.8. The molecule has 2 atom stereocenters. The highest BCUT2D eigenvalue weighted by molar-refractivity contribution is 5.03. The molecule has 0 amide bonds. The minimum Gasteiger partial charge on any atom is -0.393 e. The van der Waals surface area contributed by atoms with E-state index in [1.165, 1.54) is 32.1 Å². The molecule has 2 nitrogen and oxygen atoms in total. The molecule has 0 aliphatic heterocycles. The third-order valence-electron chi connectivity index (χ3n) is 6.10. The second kappa shape index (κ2) is 8.16. The fourth-order valence-electron chi connectivity index (χ4n) is 4.34. The van der Waals surface area contributed by atoms with Crippen LogP contribution in [0, 0.1) is 17.3 Å². The SMILES string of the molecule is CC(C)(O)CCCC[C@@H]1CC[C@H](/C=C\C2(C)CCC(O)CC2)C1. The summed E-state index contributed by atoms with van der Waals surface area (Å²) in [7, 11) is 0. The molecule has 2 fully saturated rings. The Morgan fingerprint density at radius 1 is 1.09 bits per heavy atom. The average molecular weight is 323 g/mol. The standard InChI is InChI=1S/C21H38O2/c1-20(2,23)12-5-4-6-17-7-8-18(16-17)9-13-21(3)14-10-19(22)11-15-21/h9,13,17-19,22-23H,4-8,10-12,14-16H2,1-3H3/b13-9-/t17-,18-,19?,21?/m1/s1. The lowest BCUT2D eigenvalue weighted by Gasteiger charge is -2.33. The number of hydrogen-bond acceptors (Lipinski definition) is 2. The molecule has 2 rings (SSSR count). The Hall–Kier alpha value is -0.340. The lowest BCUT2D eigenvalue weighted by Crippen LogP contribution is -2.25. The lowest BCUT2D eigenvalue weighted by molar-refractivity contribution is 0.0676. The largest absolute Gasteiger partial charge is 0.393 e. The molecular formula is C21H38O2. The Bertz CT molecular complexity index is 372. The van der Waals surface area contributed by atoms with E-state index in [0.29, 0.717) is 5.41 Å². The van der Waals surface area contributed by atoms with Crippen molar-refractivity contribution in [2.75, 3.05) is 0 Å². The van der Waals surface area contributed by atoms with E-state index in [0.717, 1.165) is 50.4 Å². The monoisotopic (exact) mass is 322 g/mol. The highest BCUT2D eigenvalue weighted by Crippen LogP contribution is 2.40. The molecule has 134 valence electrons. The third-order valence-corrected chi connectivity index (χ3v) is 6.10. The molecule has 2 saturated carbocycles. The van der Waals surface area contributed by atoms with Crippen LogP contribution < -0.4 is 0 Å². The molecule has 0 aromatic rings. The number of unbranched alkanes of at least 4 members (excludes halogenated alkanes) is 1. The predicted molar refractivity (Wildman–Crippen MR) is 97.3 cm³/mol. The van der Waals surface area contributed by atoms with Crippen molar-refractivity contribution in [2.24, 2.45) is 17.3 Å². The molecule has 23 heavy (non-hydrogen) atoms. The van der Waals surface area contributed by atoms with Gasteiger partial charge in [-0.3, -0.25) is 0 Å². The Kier molecular flexibility index (Phi) is 6.74. The van der Waals surface area contributed by atoms with Crippen LogP contribution in [0.25, 0.3) is 0 Å². The zero-order valence-corrected chi connectivity index (χ0v) is 15.6. The maximum Gasteiger partial charge on any atom is 0.0591 e. The molecule has 2 aliphatic rings. The van der Waals surface area contributed by atoms with Gasteiger partial charge in [-0.05, 0) is 82.5 Å². The van der Waals surface area contributed by atoms with E-state index in [1.807, 2.05) is 13.8 Å². The molecule has 2 N–H and O–H groups in total. The zero-order chi connectivity index (χ0) is 16.9. The van der Waals surface area contributed by atoms with Crippen molar-refractivity contribution in [1.29, 1.82) is 0 Å². The minimum absolute atomic E-state index is 0.0590. The highest BCUT2D eigenvalue weighted by atomic mass is 16.3. The summed E-state index contributed by atoms with van der Waals surface area (Å²) < 4.78 is 0. The van der Waals surface area contributed by atoms with Crippen LogP contribution in [0.3, 0.4) is 0 Å². The van der Waals surface area contributed by atoms with Crippen molar-refractivity contribution >= 4 is 0 Å². The smallest absolute Gasteiger partial charge is 0.0591 e. The molecule has 0 aromatic carbocycles. The molecule has 0 unspecified atom stereocenters. The van der Waals surface area contributed by atoms with Crippen LogP contribution >= 0.6 is 0 Å². The third kappa shape index (κ3) is 6.97. The van der Waals surface area contributed by atoms with Gasteiger partial charge in [0.15, 0.2) is 0 Å². The van der Waals surface area contributed by atoms with Gasteiger partial charge in [0.2, 0.25) is 0 Å². The van der Waals surface area contributed by atoms with Crippen LogP contribution in [0.2, 0.25) is 0 Å². The summed E-state index contributed by atoms with van der Waals surface area (Å²) in [4.78, 5) is 0. The van der Waals surface area contributed by atoms with Crippen LogP contribution in [0.4, 0.5) is 0 Å². The van der Waals surface area contributed by atoms with Gasteiger partial charge in [-0.25, -0.2) is 0 Å². The van der Waals surface area contributed by atoms with Gasteiger partial charge in [-0.1, -0.05) is 38.3 Å². The van der Waals surface area contributed by atoms with Crippen LogP contribution in [-0.4, -0.2) is 21.9 Å². The Morgan fingerprint density at radius 2 is 1.78 bits per heavy atom. The van der Waals surface area contributed by atoms with Gasteiger partial charge >= 0.3 is 0 Å². The number of hydrogen-bond donors (Lipinski definition) is 2. The Labute approximate surface area is 143 Å². The molecule has 0 radical (unpaired) electrons. The minimum atomic E-state index is -0.496. The van der Waals surface area contributed by atoms with Gasteiger partial charge in [0, 0.05) is 0 Å². The first-order valence-electron chi connectivity index (χ1n) is 9.86. The molecule has 0 spiro atoms. The Morgan fingerprint density at radius 3 is 2.43 bits per heavy atom. The van der Waals surface area contributed by atoms with Crippen molar-refractivity contribution in [3.8, 4) is 0 Å². The number of aliphatic hydroxyl groups excluding tert-OH is 1. The second-order valence-electron chi connectivity index (χ2n) is 9.24. The Balaban J connectivity index is 1.66. The number of rotatable bonds is 7. The summed E-state index contributed by atoms with van der Waals surface area (Å²) in [5, 5.41) is 19.4. The average Bonchev–Trinajstić information content (AvgIpc) is 2.92. The molecule has 0 heterocycles. The molecule has 0 aromatic heterocycles. The maximum absolute atomic E-state index is 9.76. The fraction of sp³-hybridized carbons (Fsp3) is 0.905. The van der Waals surface area contributed by atoms with Gasteiger partial charge in [0.1, 0.15) is 0 Å². The maximum atomic E-state index is 9.76. The van der Waals surface area contributed by atoms with Gasteiger partial charge < -0.3 is 10.2 Å². The van der Waals surface area contributed by atoms with Gasteiger partial charge in [0.25, 0.3) is 0 Å². The molecule has 2 aliphatic carbocycles. The fourth-order valence-corrected chi connectivity index (χ4v) is 4.34. The van der Waals surface area contributed by atoms with E-state index in [4.69, 9.17) is 0 Å². The topological polar surface area (TPSA) is 40.5 Å². The van der Waals surface area contributed by atoms with Crippen LogP contribution in [0.5, 0.6) is 0 Å². The normalized spacial score (nSPS) is 36.0. The second-order valence-corrected chi connectivity index (χ2v) is 9.24. The van der Waals surface area contributed by atoms with Gasteiger partial charge in [0.05, 0.1) is 11.7 Å². The molecular weight excluding hydrogens is 284 g/mol. The first kappa shape index (κ1) is 19.0. The lowest BCUT2D eigenvalue weighted by atomic mass is 9.74. The summed E-state index contributed by atoms with van der Waals surface area (Å²) in [6.07, 6.45) is 17.9.